The lowest BCUT2D eigenvalue weighted by Crippen LogP contribution is -2.43. The number of carbonyl (C=O) groups is 1. The van der Waals surface area contributed by atoms with E-state index in [1.807, 2.05) is 65.6 Å². The Morgan fingerprint density at radius 2 is 1.73 bits per heavy atom. The standard InChI is InChI=1S/C25H22ClN3O/c1-16-13-24(28-22-10-8-21(26)9-11-22)23-14-20(7-12-25(23)29(16)17(2)30)19-5-3-18(15-27)4-6-19/h3-12,14,16,24,28H,13H2,1-2H3/t16-,24+/m1/s1. The molecule has 0 aromatic heterocycles. The van der Waals surface area contributed by atoms with E-state index in [0.29, 0.717) is 10.6 Å². The van der Waals surface area contributed by atoms with Crippen LogP contribution in [0, 0.1) is 11.3 Å². The van der Waals surface area contributed by atoms with Gasteiger partial charge in [-0.05, 0) is 78.6 Å². The third-order valence-corrected chi connectivity index (χ3v) is 5.80. The van der Waals surface area contributed by atoms with Gasteiger partial charge in [0.15, 0.2) is 0 Å². The van der Waals surface area contributed by atoms with Gasteiger partial charge in [0, 0.05) is 29.4 Å². The molecule has 1 N–H and O–H groups in total. The number of fused-ring (bicyclic) bond motifs is 1. The molecule has 0 bridgehead atoms. The fourth-order valence-electron chi connectivity index (χ4n) is 4.14. The average molecular weight is 416 g/mol. The molecule has 3 aromatic carbocycles. The molecular weight excluding hydrogens is 394 g/mol. The second-order valence-corrected chi connectivity index (χ2v) is 8.08. The number of anilines is 2. The van der Waals surface area contributed by atoms with Gasteiger partial charge in [-0.2, -0.15) is 5.26 Å². The number of nitrogens with one attached hydrogen (secondary N) is 1. The van der Waals surface area contributed by atoms with Gasteiger partial charge in [-0.3, -0.25) is 4.79 Å². The van der Waals surface area contributed by atoms with Crippen molar-refractivity contribution < 1.29 is 4.79 Å². The maximum atomic E-state index is 12.4. The molecule has 5 heteroatoms. The Balaban J connectivity index is 1.76. The highest BCUT2D eigenvalue weighted by molar-refractivity contribution is 6.30. The lowest BCUT2D eigenvalue weighted by atomic mass is 9.88. The van der Waals surface area contributed by atoms with Gasteiger partial charge in [0.1, 0.15) is 0 Å². The van der Waals surface area contributed by atoms with Crippen molar-refractivity contribution in [2.24, 2.45) is 0 Å². The summed E-state index contributed by atoms with van der Waals surface area (Å²) in [6, 6.07) is 23.7. The van der Waals surface area contributed by atoms with Gasteiger partial charge in [0.25, 0.3) is 0 Å². The van der Waals surface area contributed by atoms with E-state index in [1.165, 1.54) is 0 Å². The Bertz CT molecular complexity index is 1120. The molecule has 0 fully saturated rings. The Hall–Kier alpha value is -3.29. The van der Waals surface area contributed by atoms with Gasteiger partial charge < -0.3 is 10.2 Å². The Morgan fingerprint density at radius 1 is 1.07 bits per heavy atom. The van der Waals surface area contributed by atoms with Gasteiger partial charge >= 0.3 is 0 Å². The number of amides is 1. The third kappa shape index (κ3) is 3.90. The molecule has 30 heavy (non-hydrogen) atoms. The molecule has 0 saturated heterocycles. The second-order valence-electron chi connectivity index (χ2n) is 7.64. The average Bonchev–Trinajstić information content (AvgIpc) is 2.75. The fraction of sp³-hybridized carbons (Fsp3) is 0.200. The summed E-state index contributed by atoms with van der Waals surface area (Å²) in [6.07, 6.45) is 0.798. The number of hydrogen-bond donors (Lipinski definition) is 1. The molecule has 150 valence electrons. The number of halogens is 1. The Kier molecular flexibility index (Phi) is 5.48. The molecule has 0 spiro atoms. The molecule has 0 unspecified atom stereocenters. The van der Waals surface area contributed by atoms with Crippen LogP contribution in [0.2, 0.25) is 5.02 Å². The van der Waals surface area contributed by atoms with Crippen LogP contribution in [0.4, 0.5) is 11.4 Å². The van der Waals surface area contributed by atoms with Gasteiger partial charge in [0.05, 0.1) is 17.7 Å². The number of benzene rings is 3. The van der Waals surface area contributed by atoms with E-state index in [9.17, 15) is 4.79 Å². The van der Waals surface area contributed by atoms with Gasteiger partial charge in [-0.15, -0.1) is 0 Å². The first kappa shape index (κ1) is 20.0. The van der Waals surface area contributed by atoms with Gasteiger partial charge in [0.2, 0.25) is 5.91 Å². The SMILES string of the molecule is CC(=O)N1c2ccc(-c3ccc(C#N)cc3)cc2[C@@H](Nc2ccc(Cl)cc2)C[C@H]1C. The first-order valence-corrected chi connectivity index (χ1v) is 10.3. The van der Waals surface area contributed by atoms with Crippen molar-refractivity contribution in [3.63, 3.8) is 0 Å². The molecule has 1 heterocycles. The summed E-state index contributed by atoms with van der Waals surface area (Å²) in [5, 5.41) is 13.4. The summed E-state index contributed by atoms with van der Waals surface area (Å²) in [6.45, 7) is 3.69. The molecule has 4 rings (SSSR count). The first-order chi connectivity index (χ1) is 14.5. The quantitative estimate of drug-likeness (QED) is 0.555. The van der Waals surface area contributed by atoms with Crippen LogP contribution >= 0.6 is 11.6 Å². The molecule has 2 atom stereocenters. The molecule has 3 aromatic rings. The zero-order valence-electron chi connectivity index (χ0n) is 16.9. The van der Waals surface area contributed by atoms with Crippen molar-refractivity contribution in [1.82, 2.24) is 0 Å². The summed E-state index contributed by atoms with van der Waals surface area (Å²) in [5.41, 5.74) is 5.73. The predicted molar refractivity (Wildman–Crippen MR) is 122 cm³/mol. The van der Waals surface area contributed by atoms with E-state index in [1.54, 1.807) is 6.92 Å². The van der Waals surface area contributed by atoms with Gasteiger partial charge in [-0.25, -0.2) is 0 Å². The summed E-state index contributed by atoms with van der Waals surface area (Å²) in [5.74, 6) is 0.0415. The Labute approximate surface area is 181 Å². The van der Waals surface area contributed by atoms with E-state index >= 15 is 0 Å². The van der Waals surface area contributed by atoms with Crippen molar-refractivity contribution in [2.45, 2.75) is 32.4 Å². The monoisotopic (exact) mass is 415 g/mol. The predicted octanol–water partition coefficient (Wildman–Crippen LogP) is 6.18. The largest absolute Gasteiger partial charge is 0.378 e. The number of nitrogens with zero attached hydrogens (tertiary/aromatic N) is 2. The molecule has 1 amide bonds. The highest BCUT2D eigenvalue weighted by Gasteiger charge is 2.32. The maximum Gasteiger partial charge on any atom is 0.224 e. The van der Waals surface area contributed by atoms with Crippen LogP contribution in [0.3, 0.4) is 0 Å². The zero-order valence-corrected chi connectivity index (χ0v) is 17.6. The molecule has 0 aliphatic carbocycles. The fourth-order valence-corrected chi connectivity index (χ4v) is 4.27. The summed E-state index contributed by atoms with van der Waals surface area (Å²) in [7, 11) is 0. The van der Waals surface area contributed by atoms with Crippen LogP contribution in [0.5, 0.6) is 0 Å². The van der Waals surface area contributed by atoms with E-state index in [-0.39, 0.29) is 18.0 Å². The first-order valence-electron chi connectivity index (χ1n) is 9.92. The molecule has 0 saturated carbocycles. The molecule has 1 aliphatic rings. The Morgan fingerprint density at radius 3 is 2.37 bits per heavy atom. The van der Waals surface area contributed by atoms with Crippen molar-refractivity contribution in [3.05, 3.63) is 82.9 Å². The summed E-state index contributed by atoms with van der Waals surface area (Å²) in [4.78, 5) is 14.2. The van der Waals surface area contributed by atoms with Gasteiger partial charge in [-0.1, -0.05) is 29.8 Å². The van der Waals surface area contributed by atoms with E-state index in [4.69, 9.17) is 16.9 Å². The number of nitriles is 1. The van der Waals surface area contributed by atoms with E-state index in [0.717, 1.165) is 34.5 Å². The van der Waals surface area contributed by atoms with E-state index < -0.39 is 0 Å². The minimum atomic E-state index is 0.0415. The highest BCUT2D eigenvalue weighted by atomic mass is 35.5. The summed E-state index contributed by atoms with van der Waals surface area (Å²) >= 11 is 6.03. The number of hydrogen-bond acceptors (Lipinski definition) is 3. The van der Waals surface area contributed by atoms with Crippen LogP contribution in [-0.4, -0.2) is 11.9 Å². The normalized spacial score (nSPS) is 17.7. The lowest BCUT2D eigenvalue weighted by Gasteiger charge is -2.39. The number of carbonyl (C=O) groups excluding carboxylic acids is 1. The smallest absolute Gasteiger partial charge is 0.224 e. The minimum absolute atomic E-state index is 0.0415. The van der Waals surface area contributed by atoms with Crippen LogP contribution in [0.1, 0.15) is 37.4 Å². The molecule has 1 aliphatic heterocycles. The van der Waals surface area contributed by atoms with Crippen molar-refractivity contribution >= 4 is 28.9 Å². The van der Waals surface area contributed by atoms with Crippen LogP contribution < -0.4 is 10.2 Å². The van der Waals surface area contributed by atoms with Crippen LogP contribution in [0.15, 0.2) is 66.7 Å². The number of rotatable bonds is 3. The molecule has 0 radical (unpaired) electrons. The lowest BCUT2D eigenvalue weighted by molar-refractivity contribution is -0.117. The van der Waals surface area contributed by atoms with Crippen molar-refractivity contribution in [3.8, 4) is 17.2 Å². The highest BCUT2D eigenvalue weighted by Crippen LogP contribution is 2.41. The third-order valence-electron chi connectivity index (χ3n) is 5.55. The minimum Gasteiger partial charge on any atom is -0.378 e. The van der Waals surface area contributed by atoms with Crippen molar-refractivity contribution in [2.75, 3.05) is 10.2 Å². The van der Waals surface area contributed by atoms with Crippen LogP contribution in [-0.2, 0) is 4.79 Å². The molecular formula is C25H22ClN3O. The topological polar surface area (TPSA) is 56.1 Å². The van der Waals surface area contributed by atoms with Crippen LogP contribution in [0.25, 0.3) is 11.1 Å². The molecule has 4 nitrogen and oxygen atoms in total. The van der Waals surface area contributed by atoms with Crippen molar-refractivity contribution in [1.29, 1.82) is 5.26 Å². The van der Waals surface area contributed by atoms with E-state index in [2.05, 4.69) is 24.4 Å². The second kappa shape index (κ2) is 8.22. The zero-order chi connectivity index (χ0) is 21.3. The maximum absolute atomic E-state index is 12.4. The summed E-state index contributed by atoms with van der Waals surface area (Å²) < 4.78 is 0.